The van der Waals surface area contributed by atoms with Crippen molar-refractivity contribution in [1.29, 1.82) is 0 Å². The SMILES string of the molecule is CC(=O)OCC(=O)Cc1nnc(CCSCCc2nnc(CC(=O)COC(C)=O)s2)s1. The van der Waals surface area contributed by atoms with Gasteiger partial charge in [0.25, 0.3) is 0 Å². The van der Waals surface area contributed by atoms with Gasteiger partial charge in [0.2, 0.25) is 0 Å². The highest BCUT2D eigenvalue weighted by atomic mass is 32.2. The fraction of sp³-hybridized carbons (Fsp3) is 0.556. The summed E-state index contributed by atoms with van der Waals surface area (Å²) < 4.78 is 9.34. The number of ether oxygens (including phenoxy) is 2. The molecule has 0 bridgehead atoms. The first-order valence-electron chi connectivity index (χ1n) is 9.32. The maximum Gasteiger partial charge on any atom is 0.303 e. The molecule has 10 nitrogen and oxygen atoms in total. The number of hydrogen-bond acceptors (Lipinski definition) is 13. The standard InChI is InChI=1S/C18H22N4O6S3/c1-11(23)27-9-13(25)7-17-21-19-15(30-17)3-5-29-6-4-16-20-22-18(31-16)8-14(26)10-28-12(2)24/h3-10H2,1-2H3. The molecule has 168 valence electrons. The molecule has 0 aromatic carbocycles. The summed E-state index contributed by atoms with van der Waals surface area (Å²) in [6, 6.07) is 0. The van der Waals surface area contributed by atoms with Crippen LogP contribution >= 0.6 is 34.4 Å². The highest BCUT2D eigenvalue weighted by Gasteiger charge is 2.12. The predicted octanol–water partition coefficient (Wildman–Crippen LogP) is 1.26. The minimum Gasteiger partial charge on any atom is -0.458 e. The van der Waals surface area contributed by atoms with Crippen LogP contribution in [0.5, 0.6) is 0 Å². The van der Waals surface area contributed by atoms with E-state index in [9.17, 15) is 19.2 Å². The van der Waals surface area contributed by atoms with Gasteiger partial charge in [-0.3, -0.25) is 19.2 Å². The van der Waals surface area contributed by atoms with Crippen molar-refractivity contribution in [3.63, 3.8) is 0 Å². The van der Waals surface area contributed by atoms with Gasteiger partial charge in [0.05, 0.1) is 12.8 Å². The van der Waals surface area contributed by atoms with Gasteiger partial charge in [-0.2, -0.15) is 11.8 Å². The molecule has 0 radical (unpaired) electrons. The molecule has 2 heterocycles. The maximum absolute atomic E-state index is 11.7. The van der Waals surface area contributed by atoms with Gasteiger partial charge in [-0.15, -0.1) is 43.1 Å². The lowest BCUT2D eigenvalue weighted by Gasteiger charge is -1.99. The van der Waals surface area contributed by atoms with E-state index in [2.05, 4.69) is 29.9 Å². The third kappa shape index (κ3) is 10.6. The predicted molar refractivity (Wildman–Crippen MR) is 115 cm³/mol. The quantitative estimate of drug-likeness (QED) is 0.282. The molecule has 2 aromatic heterocycles. The largest absolute Gasteiger partial charge is 0.458 e. The van der Waals surface area contributed by atoms with Crippen molar-refractivity contribution in [2.45, 2.75) is 39.5 Å². The van der Waals surface area contributed by atoms with Gasteiger partial charge in [-0.25, -0.2) is 0 Å². The third-order valence-corrected chi connectivity index (χ3v) is 6.46. The van der Waals surface area contributed by atoms with E-state index in [-0.39, 0.29) is 37.6 Å². The van der Waals surface area contributed by atoms with Gasteiger partial charge in [0.15, 0.2) is 11.6 Å². The molecule has 13 heteroatoms. The average Bonchev–Trinajstić information content (AvgIpc) is 3.34. The van der Waals surface area contributed by atoms with E-state index in [0.29, 0.717) is 10.0 Å². The van der Waals surface area contributed by atoms with Crippen LogP contribution in [0.3, 0.4) is 0 Å². The summed E-state index contributed by atoms with van der Waals surface area (Å²) in [7, 11) is 0. The zero-order chi connectivity index (χ0) is 22.6. The van der Waals surface area contributed by atoms with E-state index in [0.717, 1.165) is 34.4 Å². The van der Waals surface area contributed by atoms with Crippen molar-refractivity contribution in [3.05, 3.63) is 20.0 Å². The van der Waals surface area contributed by atoms with Crippen LogP contribution in [0.15, 0.2) is 0 Å². The Morgan fingerprint density at radius 2 is 1.10 bits per heavy atom. The van der Waals surface area contributed by atoms with Crippen molar-refractivity contribution in [1.82, 2.24) is 20.4 Å². The molecule has 0 fully saturated rings. The molecule has 0 unspecified atom stereocenters. The second-order valence-corrected chi connectivity index (χ2v) is 9.80. The average molecular weight is 487 g/mol. The lowest BCUT2D eigenvalue weighted by molar-refractivity contribution is -0.145. The number of ketones is 2. The number of carbonyl (C=O) groups excluding carboxylic acids is 4. The molecule has 0 saturated heterocycles. The Labute approximate surface area is 191 Å². The fourth-order valence-electron chi connectivity index (χ4n) is 2.15. The Kier molecular flexibility index (Phi) is 10.7. The Morgan fingerprint density at radius 3 is 1.48 bits per heavy atom. The lowest BCUT2D eigenvalue weighted by Crippen LogP contribution is -2.13. The number of aryl methyl sites for hydroxylation is 2. The van der Waals surface area contributed by atoms with Crippen LogP contribution in [0.1, 0.15) is 33.9 Å². The number of aromatic nitrogens is 4. The molecule has 0 aliphatic rings. The van der Waals surface area contributed by atoms with Crippen molar-refractivity contribution in [2.24, 2.45) is 0 Å². The van der Waals surface area contributed by atoms with Crippen LogP contribution < -0.4 is 0 Å². The highest BCUT2D eigenvalue weighted by Crippen LogP contribution is 2.16. The Balaban J connectivity index is 1.61. The molecular weight excluding hydrogens is 464 g/mol. The van der Waals surface area contributed by atoms with E-state index < -0.39 is 11.9 Å². The van der Waals surface area contributed by atoms with Crippen LogP contribution in [0, 0.1) is 0 Å². The molecule has 0 amide bonds. The summed E-state index contributed by atoms with van der Waals surface area (Å²) in [5, 5.41) is 19.1. The van der Waals surface area contributed by atoms with E-state index in [4.69, 9.17) is 0 Å². The summed E-state index contributed by atoms with van der Waals surface area (Å²) >= 11 is 4.51. The number of Topliss-reactive ketones (excluding diaryl/α,β-unsaturated/α-hetero) is 2. The van der Waals surface area contributed by atoms with Gasteiger partial charge in [0.1, 0.15) is 33.2 Å². The summed E-state index contributed by atoms with van der Waals surface area (Å²) in [6.07, 6.45) is 1.71. The molecule has 0 spiro atoms. The molecule has 2 rings (SSSR count). The fourth-order valence-corrected chi connectivity index (χ4v) is 5.03. The second-order valence-electron chi connectivity index (χ2n) is 6.28. The van der Waals surface area contributed by atoms with Gasteiger partial charge in [-0.1, -0.05) is 0 Å². The molecule has 0 aliphatic heterocycles. The number of hydrogen-bond donors (Lipinski definition) is 0. The van der Waals surface area contributed by atoms with Crippen LogP contribution in [0.2, 0.25) is 0 Å². The van der Waals surface area contributed by atoms with E-state index in [1.807, 2.05) is 0 Å². The maximum atomic E-state index is 11.7. The molecule has 31 heavy (non-hydrogen) atoms. The van der Waals surface area contributed by atoms with Crippen LogP contribution in [-0.4, -0.2) is 68.6 Å². The minimum atomic E-state index is -0.485. The second kappa shape index (κ2) is 13.2. The molecule has 2 aromatic rings. The lowest BCUT2D eigenvalue weighted by atomic mass is 10.3. The number of nitrogens with zero attached hydrogens (tertiary/aromatic N) is 4. The Morgan fingerprint density at radius 1 is 0.710 bits per heavy atom. The summed E-state index contributed by atoms with van der Waals surface area (Å²) in [4.78, 5) is 44.8. The molecule has 0 N–H and O–H groups in total. The zero-order valence-electron chi connectivity index (χ0n) is 17.1. The first-order chi connectivity index (χ1) is 14.8. The number of carbonyl (C=O) groups is 4. The molecule has 0 saturated carbocycles. The number of thioether (sulfide) groups is 1. The molecular formula is C18H22N4O6S3. The van der Waals surface area contributed by atoms with Crippen LogP contribution in [0.25, 0.3) is 0 Å². The van der Waals surface area contributed by atoms with Crippen molar-refractivity contribution in [3.8, 4) is 0 Å². The molecule has 0 atom stereocenters. The van der Waals surface area contributed by atoms with Crippen LogP contribution in [0.4, 0.5) is 0 Å². The Bertz CT molecular complexity index is 842. The van der Waals surface area contributed by atoms with Crippen molar-refractivity contribution < 1.29 is 28.7 Å². The van der Waals surface area contributed by atoms with Gasteiger partial charge in [-0.05, 0) is 11.5 Å². The summed E-state index contributed by atoms with van der Waals surface area (Å²) in [6.45, 7) is 2.03. The van der Waals surface area contributed by atoms with Gasteiger partial charge < -0.3 is 9.47 Å². The zero-order valence-corrected chi connectivity index (χ0v) is 19.6. The number of rotatable bonds is 14. The summed E-state index contributed by atoms with van der Waals surface area (Å²) in [5.74, 6) is 0.306. The highest BCUT2D eigenvalue weighted by molar-refractivity contribution is 7.99. The number of esters is 2. The first-order valence-corrected chi connectivity index (χ1v) is 12.1. The monoisotopic (exact) mass is 486 g/mol. The summed E-state index contributed by atoms with van der Waals surface area (Å²) in [5.41, 5.74) is 0. The smallest absolute Gasteiger partial charge is 0.303 e. The van der Waals surface area contributed by atoms with E-state index in [1.165, 1.54) is 36.5 Å². The minimum absolute atomic E-state index is 0.112. The Hall–Kier alpha value is -2.25. The van der Waals surface area contributed by atoms with Crippen molar-refractivity contribution >= 4 is 57.9 Å². The first kappa shape index (κ1) is 25.0. The van der Waals surface area contributed by atoms with Crippen molar-refractivity contribution in [2.75, 3.05) is 24.7 Å². The van der Waals surface area contributed by atoms with Gasteiger partial charge in [0, 0.05) is 26.7 Å². The molecule has 0 aliphatic carbocycles. The third-order valence-electron chi connectivity index (χ3n) is 3.51. The normalized spacial score (nSPS) is 10.6. The van der Waals surface area contributed by atoms with Crippen LogP contribution in [-0.2, 0) is 54.3 Å². The van der Waals surface area contributed by atoms with E-state index >= 15 is 0 Å². The topological polar surface area (TPSA) is 138 Å². The van der Waals surface area contributed by atoms with Gasteiger partial charge >= 0.3 is 11.9 Å². The van der Waals surface area contributed by atoms with E-state index in [1.54, 1.807) is 11.8 Å².